The first-order chi connectivity index (χ1) is 11.7. The van der Waals surface area contributed by atoms with Crippen LogP contribution < -0.4 is 16.0 Å². The largest absolute Gasteiger partial charge is 0.660 e. The third-order valence-corrected chi connectivity index (χ3v) is 1.85. The molecule has 1 aliphatic rings. The summed E-state index contributed by atoms with van der Waals surface area (Å²) in [6.07, 6.45) is 6.00. The molecule has 0 bridgehead atoms. The molecule has 0 aromatic heterocycles. The van der Waals surface area contributed by atoms with Crippen LogP contribution in [-0.2, 0) is 40.9 Å². The van der Waals surface area contributed by atoms with Gasteiger partial charge in [0, 0.05) is 47.9 Å². The van der Waals surface area contributed by atoms with E-state index in [1.165, 1.54) is 52.8 Å². The Morgan fingerprint density at radius 3 is 0.931 bits per heavy atom. The maximum atomic E-state index is 8.68. The normalized spacial score (nSPS) is 11.7. The van der Waals surface area contributed by atoms with Crippen LogP contribution in [0.2, 0.25) is 0 Å². The van der Waals surface area contributed by atoms with Crippen molar-refractivity contribution < 1.29 is 40.9 Å². The predicted octanol–water partition coefficient (Wildman–Crippen LogP) is 1.35. The quantitative estimate of drug-likeness (QED) is 0.344. The molecule has 0 radical (unpaired) electrons. The molecular formula is C18H39Cl2N4O4Ti-7. The fourth-order valence-electron chi connectivity index (χ4n) is 1.16. The SMILES string of the molecule is C1CNCCNCCNCC[N-]1.C[C-]=O.C[C-]=O.C[C-]=O.C[C-]=O.Cl.Cl.[CH3-].[CH3-].[Ti]. The molecule has 0 saturated carbocycles. The molecule has 11 heteroatoms. The topological polar surface area (TPSA) is 118 Å². The minimum absolute atomic E-state index is 0. The van der Waals surface area contributed by atoms with Crippen molar-refractivity contribution in [2.75, 3.05) is 52.4 Å². The van der Waals surface area contributed by atoms with Crippen molar-refractivity contribution in [3.05, 3.63) is 20.2 Å². The van der Waals surface area contributed by atoms with Gasteiger partial charge in [-0.2, -0.15) is 27.7 Å². The molecule has 1 rings (SSSR count). The van der Waals surface area contributed by atoms with Crippen LogP contribution in [-0.4, -0.2) is 77.5 Å². The number of hydrogen-bond acceptors (Lipinski definition) is 7. The van der Waals surface area contributed by atoms with E-state index in [1.807, 2.05) is 0 Å². The van der Waals surface area contributed by atoms with E-state index in [4.69, 9.17) is 19.2 Å². The molecule has 0 aliphatic carbocycles. The second-order valence-electron chi connectivity index (χ2n) is 3.74. The van der Waals surface area contributed by atoms with Crippen molar-refractivity contribution in [1.82, 2.24) is 16.0 Å². The van der Waals surface area contributed by atoms with Gasteiger partial charge in [-0.25, -0.2) is 0 Å². The zero-order valence-corrected chi connectivity index (χ0v) is 21.7. The summed E-state index contributed by atoms with van der Waals surface area (Å²) in [7, 11) is 0. The van der Waals surface area contributed by atoms with Gasteiger partial charge in [0.05, 0.1) is 0 Å². The van der Waals surface area contributed by atoms with Crippen LogP contribution in [0.5, 0.6) is 0 Å². The molecule has 1 fully saturated rings. The summed E-state index contributed by atoms with van der Waals surface area (Å²) in [5, 5.41) is 14.4. The molecule has 3 N–H and O–H groups in total. The Kier molecular flexibility index (Phi) is 157. The number of carbonyl (C=O) groups excluding carboxylic acids is 4. The van der Waals surface area contributed by atoms with Gasteiger partial charge in [0.1, 0.15) is 0 Å². The van der Waals surface area contributed by atoms with E-state index >= 15 is 0 Å². The van der Waals surface area contributed by atoms with Crippen LogP contribution in [0, 0.1) is 14.9 Å². The van der Waals surface area contributed by atoms with Gasteiger partial charge < -0.3 is 55.3 Å². The van der Waals surface area contributed by atoms with Crippen molar-refractivity contribution >= 4 is 50.0 Å². The van der Waals surface area contributed by atoms with Crippen molar-refractivity contribution in [2.45, 2.75) is 27.7 Å². The molecule has 1 heterocycles. The monoisotopic (exact) mass is 493 g/mol. The summed E-state index contributed by atoms with van der Waals surface area (Å²) in [5.74, 6) is 0. The third kappa shape index (κ3) is 133. The fraction of sp³-hybridized carbons (Fsp3) is 0.667. The van der Waals surface area contributed by atoms with Gasteiger partial charge >= 0.3 is 0 Å². The zero-order chi connectivity index (χ0) is 19.3. The first-order valence-corrected chi connectivity index (χ1v) is 7.57. The summed E-state index contributed by atoms with van der Waals surface area (Å²) < 4.78 is 0. The molecule has 0 aromatic carbocycles. The average molecular weight is 494 g/mol. The number of rotatable bonds is 0. The fourth-order valence-corrected chi connectivity index (χ4v) is 1.16. The van der Waals surface area contributed by atoms with Gasteiger partial charge in [0.15, 0.2) is 0 Å². The molecule has 0 unspecified atom stereocenters. The van der Waals surface area contributed by atoms with Crippen LogP contribution in [0.4, 0.5) is 0 Å². The summed E-state index contributed by atoms with van der Waals surface area (Å²) in [6.45, 7) is 13.4. The van der Waals surface area contributed by atoms with E-state index in [-0.39, 0.29) is 61.4 Å². The van der Waals surface area contributed by atoms with E-state index in [0.29, 0.717) is 0 Å². The maximum Gasteiger partial charge on any atom is 0.00772 e. The summed E-state index contributed by atoms with van der Waals surface area (Å²) >= 11 is 0. The van der Waals surface area contributed by atoms with Crippen molar-refractivity contribution in [1.29, 1.82) is 0 Å². The Morgan fingerprint density at radius 1 is 0.552 bits per heavy atom. The summed E-state index contributed by atoms with van der Waals surface area (Å²) in [6, 6.07) is 0. The van der Waals surface area contributed by atoms with Crippen LogP contribution in [0.25, 0.3) is 5.32 Å². The average Bonchev–Trinajstić information content (AvgIpc) is 2.51. The molecule has 29 heavy (non-hydrogen) atoms. The molecular weight excluding hydrogens is 455 g/mol. The van der Waals surface area contributed by atoms with Gasteiger partial charge in [0.2, 0.25) is 0 Å². The Hall–Kier alpha value is -0.186. The van der Waals surface area contributed by atoms with E-state index < -0.39 is 0 Å². The molecule has 8 nitrogen and oxygen atoms in total. The second kappa shape index (κ2) is 80.0. The van der Waals surface area contributed by atoms with Crippen molar-refractivity contribution in [3.63, 3.8) is 0 Å². The van der Waals surface area contributed by atoms with Gasteiger partial charge in [0.25, 0.3) is 0 Å². The summed E-state index contributed by atoms with van der Waals surface area (Å²) in [4.78, 5) is 34.7. The first-order valence-electron chi connectivity index (χ1n) is 7.57. The Balaban J connectivity index is -0.0000000290. The van der Waals surface area contributed by atoms with E-state index in [0.717, 1.165) is 52.4 Å². The Morgan fingerprint density at radius 2 is 0.724 bits per heavy atom. The molecule has 1 saturated heterocycles. The van der Waals surface area contributed by atoms with Crippen LogP contribution in [0.3, 0.4) is 0 Å². The van der Waals surface area contributed by atoms with Gasteiger partial charge in [-0.1, -0.05) is 0 Å². The zero-order valence-electron chi connectivity index (χ0n) is 18.6. The molecule has 180 valence electrons. The number of nitrogens with zero attached hydrogens (tertiary/aromatic N) is 1. The van der Waals surface area contributed by atoms with Crippen LogP contribution in [0.1, 0.15) is 27.7 Å². The van der Waals surface area contributed by atoms with Crippen molar-refractivity contribution in [2.24, 2.45) is 0 Å². The minimum Gasteiger partial charge on any atom is -0.660 e. The van der Waals surface area contributed by atoms with E-state index in [9.17, 15) is 0 Å². The third-order valence-electron chi connectivity index (χ3n) is 1.85. The summed E-state index contributed by atoms with van der Waals surface area (Å²) in [5.41, 5.74) is 0. The predicted molar refractivity (Wildman–Crippen MR) is 124 cm³/mol. The molecule has 0 atom stereocenters. The van der Waals surface area contributed by atoms with Crippen LogP contribution >= 0.6 is 24.8 Å². The van der Waals surface area contributed by atoms with E-state index in [2.05, 4.69) is 21.3 Å². The molecule has 0 aromatic rings. The smallest absolute Gasteiger partial charge is 0.00772 e. The Labute approximate surface area is 206 Å². The number of hydrogen-bond donors (Lipinski definition) is 3. The van der Waals surface area contributed by atoms with Crippen molar-refractivity contribution in [3.8, 4) is 0 Å². The van der Waals surface area contributed by atoms with Crippen LogP contribution in [0.15, 0.2) is 0 Å². The Bertz CT molecular complexity index is 193. The van der Waals surface area contributed by atoms with E-state index in [1.54, 1.807) is 0 Å². The second-order valence-corrected chi connectivity index (χ2v) is 3.74. The standard InChI is InChI=1S/C8H19N4.4C2H3O.2CH3.2ClH.Ti/c1-2-10-5-6-12-8-7-11-4-3-9-1;4*1-2-3;;;;;/h9-11H,1-8H2;4*1H3;2*1H3;2*1H;/q7*-1;;;. The molecule has 0 amide bonds. The first kappa shape index (κ1) is 56.8. The van der Waals surface area contributed by atoms with Gasteiger partial charge in [-0.05, 0) is 13.1 Å². The molecule has 0 spiro atoms. The van der Waals surface area contributed by atoms with Gasteiger partial charge in [-0.15, -0.1) is 37.9 Å². The minimum atomic E-state index is 0. The van der Waals surface area contributed by atoms with Gasteiger partial charge in [-0.3, -0.25) is 25.1 Å². The maximum absolute atomic E-state index is 8.68. The molecule has 1 aliphatic heterocycles. The number of nitrogens with one attached hydrogen (secondary N) is 3. The number of halogens is 2.